The van der Waals surface area contributed by atoms with Crippen LogP contribution in [0.25, 0.3) is 0 Å². The molecule has 0 aliphatic carbocycles. The number of nitrogens with zero attached hydrogens (tertiary/aromatic N) is 1. The van der Waals surface area contributed by atoms with Gasteiger partial charge in [-0.1, -0.05) is 6.07 Å². The van der Waals surface area contributed by atoms with E-state index in [0.29, 0.717) is 19.3 Å². The van der Waals surface area contributed by atoms with E-state index in [4.69, 9.17) is 15.2 Å². The van der Waals surface area contributed by atoms with E-state index in [9.17, 15) is 0 Å². The lowest BCUT2D eigenvalue weighted by Gasteiger charge is -2.32. The molecule has 100 valence electrons. The van der Waals surface area contributed by atoms with Gasteiger partial charge in [-0.15, -0.1) is 0 Å². The number of benzene rings is 1. The summed E-state index contributed by atoms with van der Waals surface area (Å²) in [5.74, 6) is 0.902. The van der Waals surface area contributed by atoms with Gasteiger partial charge in [-0.2, -0.15) is 0 Å². The van der Waals surface area contributed by atoms with Crippen LogP contribution < -0.4 is 15.4 Å². The lowest BCUT2D eigenvalue weighted by molar-refractivity contribution is 0.146. The molecule has 0 aromatic heterocycles. The van der Waals surface area contributed by atoms with Crippen molar-refractivity contribution in [3.8, 4) is 5.75 Å². The summed E-state index contributed by atoms with van der Waals surface area (Å²) in [6, 6.07) is 8.59. The van der Waals surface area contributed by atoms with Crippen molar-refractivity contribution >= 4 is 5.69 Å². The molecule has 4 heteroatoms. The van der Waals surface area contributed by atoms with Crippen LogP contribution in [0.1, 0.15) is 12.8 Å². The highest BCUT2D eigenvalue weighted by Gasteiger charge is 2.16. The zero-order valence-electron chi connectivity index (χ0n) is 11.0. The van der Waals surface area contributed by atoms with Crippen molar-refractivity contribution in [3.05, 3.63) is 24.3 Å². The molecule has 1 aliphatic heterocycles. The number of hydrogen-bond acceptors (Lipinski definition) is 4. The van der Waals surface area contributed by atoms with Gasteiger partial charge in [0.15, 0.2) is 0 Å². The van der Waals surface area contributed by atoms with Gasteiger partial charge in [0.1, 0.15) is 12.4 Å². The molecule has 2 rings (SSSR count). The number of hydrogen-bond donors (Lipinski definition) is 1. The predicted octanol–water partition coefficient (Wildman–Crippen LogP) is 1.64. The van der Waals surface area contributed by atoms with E-state index in [1.54, 1.807) is 7.11 Å². The van der Waals surface area contributed by atoms with Crippen molar-refractivity contribution < 1.29 is 9.47 Å². The third-order valence-corrected chi connectivity index (χ3v) is 3.28. The van der Waals surface area contributed by atoms with Crippen LogP contribution in [0, 0.1) is 0 Å². The van der Waals surface area contributed by atoms with Crippen molar-refractivity contribution in [3.63, 3.8) is 0 Å². The molecule has 1 aromatic rings. The van der Waals surface area contributed by atoms with Crippen LogP contribution >= 0.6 is 0 Å². The zero-order valence-corrected chi connectivity index (χ0v) is 11.0. The summed E-state index contributed by atoms with van der Waals surface area (Å²) in [5, 5.41) is 0. The second-order valence-electron chi connectivity index (χ2n) is 4.66. The van der Waals surface area contributed by atoms with Gasteiger partial charge in [-0.3, -0.25) is 0 Å². The van der Waals surface area contributed by atoms with Gasteiger partial charge in [0, 0.05) is 38.0 Å². The third-order valence-electron chi connectivity index (χ3n) is 3.28. The maximum absolute atomic E-state index is 5.92. The zero-order chi connectivity index (χ0) is 12.8. The highest BCUT2D eigenvalue weighted by Crippen LogP contribution is 2.23. The van der Waals surface area contributed by atoms with E-state index < -0.39 is 0 Å². The molecule has 1 aliphatic rings. The van der Waals surface area contributed by atoms with Gasteiger partial charge in [-0.25, -0.2) is 0 Å². The highest BCUT2D eigenvalue weighted by atomic mass is 16.5. The summed E-state index contributed by atoms with van der Waals surface area (Å²) < 4.78 is 10.6. The number of nitrogens with two attached hydrogens (primary N) is 1. The minimum absolute atomic E-state index is 0.363. The fourth-order valence-corrected chi connectivity index (χ4v) is 2.17. The van der Waals surface area contributed by atoms with Gasteiger partial charge in [0.25, 0.3) is 0 Å². The number of anilines is 1. The first-order chi connectivity index (χ1) is 8.79. The minimum atomic E-state index is 0.363. The summed E-state index contributed by atoms with van der Waals surface area (Å²) in [6.07, 6.45) is 2.13. The molecule has 4 nitrogen and oxygen atoms in total. The number of ether oxygens (including phenoxy) is 2. The normalized spacial score (nSPS) is 16.9. The van der Waals surface area contributed by atoms with E-state index >= 15 is 0 Å². The van der Waals surface area contributed by atoms with E-state index in [2.05, 4.69) is 17.0 Å². The lowest BCUT2D eigenvalue weighted by Crippen LogP contribution is -2.39. The summed E-state index contributed by atoms with van der Waals surface area (Å²) >= 11 is 0. The SMILES string of the molecule is COCCOc1cccc(N2CCC(N)CC2)c1. The van der Waals surface area contributed by atoms with Gasteiger partial charge in [-0.05, 0) is 25.0 Å². The predicted molar refractivity (Wildman–Crippen MR) is 73.2 cm³/mol. The molecule has 0 spiro atoms. The molecule has 1 fully saturated rings. The number of methoxy groups -OCH3 is 1. The first-order valence-corrected chi connectivity index (χ1v) is 6.52. The molecule has 1 heterocycles. The Balaban J connectivity index is 1.94. The van der Waals surface area contributed by atoms with Crippen molar-refractivity contribution in [2.24, 2.45) is 5.73 Å². The Kier molecular flexibility index (Phi) is 4.84. The fraction of sp³-hybridized carbons (Fsp3) is 0.571. The molecule has 2 N–H and O–H groups in total. The molecule has 0 radical (unpaired) electrons. The van der Waals surface area contributed by atoms with Gasteiger partial charge in [0.05, 0.1) is 6.61 Å². The molecule has 0 atom stereocenters. The molecule has 1 saturated heterocycles. The second-order valence-corrected chi connectivity index (χ2v) is 4.66. The molecule has 0 bridgehead atoms. The Labute approximate surface area is 109 Å². The Morgan fingerprint density at radius 2 is 2.06 bits per heavy atom. The summed E-state index contributed by atoms with van der Waals surface area (Å²) in [6.45, 7) is 3.26. The smallest absolute Gasteiger partial charge is 0.121 e. The Morgan fingerprint density at radius 3 is 2.78 bits per heavy atom. The standard InChI is InChI=1S/C14H22N2O2/c1-17-9-10-18-14-4-2-3-13(11-14)16-7-5-12(15)6-8-16/h2-4,11-12H,5-10,15H2,1H3. The van der Waals surface area contributed by atoms with Crippen LogP contribution in [-0.2, 0) is 4.74 Å². The molecular formula is C14H22N2O2. The highest BCUT2D eigenvalue weighted by molar-refractivity contribution is 5.51. The first-order valence-electron chi connectivity index (χ1n) is 6.52. The van der Waals surface area contributed by atoms with E-state index in [1.165, 1.54) is 5.69 Å². The van der Waals surface area contributed by atoms with Gasteiger partial charge < -0.3 is 20.1 Å². The van der Waals surface area contributed by atoms with Crippen LogP contribution in [0.15, 0.2) is 24.3 Å². The van der Waals surface area contributed by atoms with Crippen molar-refractivity contribution in [2.75, 3.05) is 38.3 Å². The van der Waals surface area contributed by atoms with Crippen molar-refractivity contribution in [2.45, 2.75) is 18.9 Å². The summed E-state index contributed by atoms with van der Waals surface area (Å²) in [4.78, 5) is 2.37. The maximum Gasteiger partial charge on any atom is 0.121 e. The fourth-order valence-electron chi connectivity index (χ4n) is 2.17. The lowest BCUT2D eigenvalue weighted by atomic mass is 10.1. The van der Waals surface area contributed by atoms with Gasteiger partial charge in [0.2, 0.25) is 0 Å². The third kappa shape index (κ3) is 3.62. The maximum atomic E-state index is 5.92. The van der Waals surface area contributed by atoms with E-state index in [-0.39, 0.29) is 0 Å². The molecule has 0 amide bonds. The molecule has 18 heavy (non-hydrogen) atoms. The summed E-state index contributed by atoms with van der Waals surface area (Å²) in [5.41, 5.74) is 7.14. The van der Waals surface area contributed by atoms with Gasteiger partial charge >= 0.3 is 0 Å². The van der Waals surface area contributed by atoms with Crippen molar-refractivity contribution in [1.82, 2.24) is 0 Å². The molecule has 1 aromatic carbocycles. The van der Waals surface area contributed by atoms with Crippen LogP contribution in [0.2, 0.25) is 0 Å². The van der Waals surface area contributed by atoms with E-state index in [0.717, 1.165) is 31.7 Å². The topological polar surface area (TPSA) is 47.7 Å². The van der Waals surface area contributed by atoms with Crippen molar-refractivity contribution in [1.29, 1.82) is 0 Å². The van der Waals surface area contributed by atoms with E-state index in [1.807, 2.05) is 12.1 Å². The Hall–Kier alpha value is -1.26. The molecule has 0 unspecified atom stereocenters. The Morgan fingerprint density at radius 1 is 1.28 bits per heavy atom. The summed E-state index contributed by atoms with van der Waals surface area (Å²) in [7, 11) is 1.68. The van der Waals surface area contributed by atoms with Crippen LogP contribution in [0.3, 0.4) is 0 Å². The minimum Gasteiger partial charge on any atom is -0.491 e. The quantitative estimate of drug-likeness (QED) is 0.807. The van der Waals surface area contributed by atoms with Crippen LogP contribution in [0.4, 0.5) is 5.69 Å². The second kappa shape index (κ2) is 6.61. The monoisotopic (exact) mass is 250 g/mol. The molecular weight excluding hydrogens is 228 g/mol. The number of rotatable bonds is 5. The first kappa shape index (κ1) is 13.2. The average molecular weight is 250 g/mol. The average Bonchev–Trinajstić information content (AvgIpc) is 2.40. The largest absolute Gasteiger partial charge is 0.491 e. The van der Waals surface area contributed by atoms with Crippen LogP contribution in [0.5, 0.6) is 5.75 Å². The molecule has 0 saturated carbocycles. The number of piperidine rings is 1. The van der Waals surface area contributed by atoms with Crippen LogP contribution in [-0.4, -0.2) is 39.5 Å². The Bertz CT molecular complexity index is 363.